The standard InChI is InChI=1S/C13H25N3O2/c1-13(2,3)18-12(17)15-5-4-6-16-7-9-10(8-16)11(9)14/h9-11H,4-8,14H2,1-3H3,(H,15,17). The summed E-state index contributed by atoms with van der Waals surface area (Å²) in [5.41, 5.74) is 5.47. The molecule has 2 rings (SSSR count). The molecule has 104 valence electrons. The molecule has 1 aliphatic carbocycles. The van der Waals surface area contributed by atoms with Gasteiger partial charge in [-0.15, -0.1) is 0 Å². The number of hydrogen-bond acceptors (Lipinski definition) is 4. The van der Waals surface area contributed by atoms with Gasteiger partial charge in [0.05, 0.1) is 0 Å². The molecule has 0 aromatic rings. The summed E-state index contributed by atoms with van der Waals surface area (Å²) in [6.45, 7) is 9.59. The number of hydrogen-bond donors (Lipinski definition) is 2. The van der Waals surface area contributed by atoms with E-state index in [0.29, 0.717) is 12.6 Å². The summed E-state index contributed by atoms with van der Waals surface area (Å²) >= 11 is 0. The molecule has 0 spiro atoms. The third-order valence-electron chi connectivity index (χ3n) is 3.66. The van der Waals surface area contributed by atoms with Crippen molar-refractivity contribution < 1.29 is 9.53 Å². The SMILES string of the molecule is CC(C)(C)OC(=O)NCCCN1CC2C(N)C2C1. The fourth-order valence-electron chi connectivity index (χ4n) is 2.65. The van der Waals surface area contributed by atoms with Crippen LogP contribution in [0.1, 0.15) is 27.2 Å². The highest BCUT2D eigenvalue weighted by atomic mass is 16.6. The van der Waals surface area contributed by atoms with Crippen LogP contribution in [0, 0.1) is 11.8 Å². The molecule has 5 nitrogen and oxygen atoms in total. The lowest BCUT2D eigenvalue weighted by Gasteiger charge is -2.21. The maximum atomic E-state index is 11.4. The van der Waals surface area contributed by atoms with Crippen molar-refractivity contribution in [1.82, 2.24) is 10.2 Å². The van der Waals surface area contributed by atoms with Crippen LogP contribution in [0.3, 0.4) is 0 Å². The largest absolute Gasteiger partial charge is 0.444 e. The fourth-order valence-corrected chi connectivity index (χ4v) is 2.65. The number of piperidine rings is 1. The number of nitrogens with zero attached hydrogens (tertiary/aromatic N) is 1. The monoisotopic (exact) mass is 255 g/mol. The highest BCUT2D eigenvalue weighted by Gasteiger charge is 2.53. The van der Waals surface area contributed by atoms with Gasteiger partial charge in [-0.25, -0.2) is 4.79 Å². The minimum absolute atomic E-state index is 0.325. The minimum Gasteiger partial charge on any atom is -0.444 e. The van der Waals surface area contributed by atoms with E-state index in [2.05, 4.69) is 10.2 Å². The van der Waals surface area contributed by atoms with Crippen molar-refractivity contribution in [3.63, 3.8) is 0 Å². The van der Waals surface area contributed by atoms with Gasteiger partial charge in [0.2, 0.25) is 0 Å². The van der Waals surface area contributed by atoms with Crippen molar-refractivity contribution >= 4 is 6.09 Å². The van der Waals surface area contributed by atoms with Crippen LogP contribution in [-0.2, 0) is 4.74 Å². The number of alkyl carbamates (subject to hydrolysis) is 1. The first-order chi connectivity index (χ1) is 8.37. The number of amides is 1. The molecule has 2 fully saturated rings. The van der Waals surface area contributed by atoms with Gasteiger partial charge in [0.15, 0.2) is 0 Å². The van der Waals surface area contributed by atoms with E-state index in [9.17, 15) is 4.79 Å². The average molecular weight is 255 g/mol. The van der Waals surface area contributed by atoms with Crippen LogP contribution in [0.5, 0.6) is 0 Å². The summed E-state index contributed by atoms with van der Waals surface area (Å²) in [7, 11) is 0. The molecule has 1 saturated carbocycles. The molecule has 0 radical (unpaired) electrons. The van der Waals surface area contributed by atoms with Gasteiger partial charge in [-0.2, -0.15) is 0 Å². The van der Waals surface area contributed by atoms with Crippen LogP contribution in [0.15, 0.2) is 0 Å². The minimum atomic E-state index is -0.420. The van der Waals surface area contributed by atoms with E-state index in [4.69, 9.17) is 10.5 Å². The molecule has 2 aliphatic rings. The third kappa shape index (κ3) is 3.59. The van der Waals surface area contributed by atoms with Crippen molar-refractivity contribution in [2.75, 3.05) is 26.2 Å². The van der Waals surface area contributed by atoms with Crippen LogP contribution in [0.25, 0.3) is 0 Å². The number of carbonyl (C=O) groups excluding carboxylic acids is 1. The highest BCUT2D eigenvalue weighted by Crippen LogP contribution is 2.43. The van der Waals surface area contributed by atoms with Gasteiger partial charge >= 0.3 is 6.09 Å². The van der Waals surface area contributed by atoms with Crippen LogP contribution in [-0.4, -0.2) is 48.8 Å². The second-order valence-corrected chi connectivity index (χ2v) is 6.45. The topological polar surface area (TPSA) is 67.6 Å². The van der Waals surface area contributed by atoms with Crippen LogP contribution in [0.4, 0.5) is 4.79 Å². The fraction of sp³-hybridized carbons (Fsp3) is 0.923. The summed E-state index contributed by atoms with van der Waals surface area (Å²) in [5, 5.41) is 2.78. The zero-order chi connectivity index (χ0) is 13.3. The van der Waals surface area contributed by atoms with Gasteiger partial charge in [0.1, 0.15) is 5.60 Å². The van der Waals surface area contributed by atoms with Gasteiger partial charge < -0.3 is 20.7 Å². The van der Waals surface area contributed by atoms with E-state index in [1.54, 1.807) is 0 Å². The number of ether oxygens (including phenoxy) is 1. The molecule has 2 unspecified atom stereocenters. The Bertz CT molecular complexity index is 302. The van der Waals surface area contributed by atoms with E-state index >= 15 is 0 Å². The Labute approximate surface area is 109 Å². The smallest absolute Gasteiger partial charge is 0.407 e. The normalized spacial score (nSPS) is 31.0. The van der Waals surface area contributed by atoms with Crippen molar-refractivity contribution in [3.8, 4) is 0 Å². The average Bonchev–Trinajstić information content (AvgIpc) is 2.71. The maximum absolute atomic E-state index is 11.4. The van der Waals surface area contributed by atoms with Gasteiger partial charge in [0, 0.05) is 25.7 Å². The number of carbonyl (C=O) groups is 1. The third-order valence-corrected chi connectivity index (χ3v) is 3.66. The molecular weight excluding hydrogens is 230 g/mol. The summed E-state index contributed by atoms with van der Waals surface area (Å²) in [6.07, 6.45) is 0.641. The zero-order valence-electron chi connectivity index (χ0n) is 11.6. The van der Waals surface area contributed by atoms with Crippen LogP contribution >= 0.6 is 0 Å². The van der Waals surface area contributed by atoms with Crippen LogP contribution in [0.2, 0.25) is 0 Å². The number of nitrogens with one attached hydrogen (secondary N) is 1. The van der Waals surface area contributed by atoms with E-state index in [1.165, 1.54) is 0 Å². The van der Waals surface area contributed by atoms with Gasteiger partial charge in [-0.3, -0.25) is 0 Å². The predicted octanol–water partition coefficient (Wildman–Crippen LogP) is 0.790. The van der Waals surface area contributed by atoms with E-state index in [-0.39, 0.29) is 6.09 Å². The van der Waals surface area contributed by atoms with Crippen molar-refractivity contribution in [2.24, 2.45) is 17.6 Å². The molecule has 18 heavy (non-hydrogen) atoms. The van der Waals surface area contributed by atoms with Crippen molar-refractivity contribution in [3.05, 3.63) is 0 Å². The van der Waals surface area contributed by atoms with E-state index < -0.39 is 5.60 Å². The highest BCUT2D eigenvalue weighted by molar-refractivity contribution is 5.67. The summed E-state index contributed by atoms with van der Waals surface area (Å²) in [4.78, 5) is 13.8. The molecule has 5 heteroatoms. The van der Waals surface area contributed by atoms with Crippen molar-refractivity contribution in [2.45, 2.75) is 38.8 Å². The lowest BCUT2D eigenvalue weighted by molar-refractivity contribution is 0.0526. The number of fused-ring (bicyclic) bond motifs is 1. The summed E-state index contributed by atoms with van der Waals surface area (Å²) in [5.74, 6) is 1.48. The van der Waals surface area contributed by atoms with Crippen molar-refractivity contribution in [1.29, 1.82) is 0 Å². The second kappa shape index (κ2) is 5.05. The first-order valence-electron chi connectivity index (χ1n) is 6.81. The molecule has 0 aromatic carbocycles. The molecule has 0 bridgehead atoms. The quantitative estimate of drug-likeness (QED) is 0.729. The predicted molar refractivity (Wildman–Crippen MR) is 70.2 cm³/mol. The molecule has 1 saturated heterocycles. The first-order valence-corrected chi connectivity index (χ1v) is 6.81. The van der Waals surface area contributed by atoms with Gasteiger partial charge in [-0.1, -0.05) is 0 Å². The first kappa shape index (κ1) is 13.6. The second-order valence-electron chi connectivity index (χ2n) is 6.45. The molecule has 0 aromatic heterocycles. The Balaban J connectivity index is 1.51. The van der Waals surface area contributed by atoms with Gasteiger partial charge in [-0.05, 0) is 45.6 Å². The van der Waals surface area contributed by atoms with Gasteiger partial charge in [0.25, 0.3) is 0 Å². The Kier molecular flexibility index (Phi) is 3.82. The molecule has 1 amide bonds. The number of rotatable bonds is 4. The molecule has 1 aliphatic heterocycles. The maximum Gasteiger partial charge on any atom is 0.407 e. The Morgan fingerprint density at radius 2 is 2.00 bits per heavy atom. The lowest BCUT2D eigenvalue weighted by atomic mass is 10.2. The number of nitrogens with two attached hydrogens (primary N) is 1. The molecular formula is C13H25N3O2. The Morgan fingerprint density at radius 1 is 1.39 bits per heavy atom. The Morgan fingerprint density at radius 3 is 2.56 bits per heavy atom. The Hall–Kier alpha value is -0.810. The summed E-state index contributed by atoms with van der Waals surface area (Å²) < 4.78 is 5.17. The van der Waals surface area contributed by atoms with E-state index in [0.717, 1.165) is 37.9 Å². The van der Waals surface area contributed by atoms with E-state index in [1.807, 2.05) is 20.8 Å². The zero-order valence-corrected chi connectivity index (χ0v) is 11.6. The molecule has 2 atom stereocenters. The van der Waals surface area contributed by atoms with Crippen LogP contribution < -0.4 is 11.1 Å². The molecule has 1 heterocycles. The lowest BCUT2D eigenvalue weighted by Crippen LogP contribution is -2.35. The number of likely N-dealkylation sites (tertiary alicyclic amines) is 1. The molecule has 3 N–H and O–H groups in total. The summed E-state index contributed by atoms with van der Waals surface area (Å²) in [6, 6.07) is 0.459.